The fourth-order valence-electron chi connectivity index (χ4n) is 3.46. The van der Waals surface area contributed by atoms with E-state index in [-0.39, 0.29) is 18.6 Å². The third kappa shape index (κ3) is 3.64. The average molecular weight is 394 g/mol. The van der Waals surface area contributed by atoms with E-state index in [4.69, 9.17) is 4.74 Å². The molecule has 1 aromatic heterocycles. The van der Waals surface area contributed by atoms with Crippen LogP contribution in [-0.4, -0.2) is 35.4 Å². The van der Waals surface area contributed by atoms with E-state index in [0.717, 1.165) is 34.5 Å². The third-order valence-electron chi connectivity index (χ3n) is 5.30. The molecule has 0 fully saturated rings. The zero-order valence-corrected chi connectivity index (χ0v) is 16.8. The summed E-state index contributed by atoms with van der Waals surface area (Å²) in [6, 6.07) is 13.4. The fraction of sp³-hybridized carbons (Fsp3) is 0.318. The summed E-state index contributed by atoms with van der Waals surface area (Å²) in [5, 5.41) is 0.863. The molecule has 0 unspecified atom stereocenters. The number of benzene rings is 2. The van der Waals surface area contributed by atoms with Crippen molar-refractivity contribution in [2.75, 3.05) is 13.7 Å². The van der Waals surface area contributed by atoms with E-state index in [1.165, 1.54) is 11.1 Å². The minimum absolute atomic E-state index is 0.191. The number of nitrogens with zero attached hydrogens (tertiary/aromatic N) is 2. The Labute approximate surface area is 168 Å². The molecule has 0 saturated heterocycles. The summed E-state index contributed by atoms with van der Waals surface area (Å²) in [6.45, 7) is 1.65. The van der Waals surface area contributed by atoms with Crippen molar-refractivity contribution in [3.8, 4) is 0 Å². The first-order valence-corrected chi connectivity index (χ1v) is 10.2. The monoisotopic (exact) mass is 394 g/mol. The van der Waals surface area contributed by atoms with Crippen LogP contribution in [-0.2, 0) is 22.4 Å². The molecule has 1 amide bonds. The Balaban J connectivity index is 1.38. The molecule has 4 rings (SSSR count). The molecule has 28 heavy (non-hydrogen) atoms. The maximum Gasteiger partial charge on any atom is 0.338 e. The van der Waals surface area contributed by atoms with E-state index < -0.39 is 5.97 Å². The van der Waals surface area contributed by atoms with Crippen molar-refractivity contribution >= 4 is 33.4 Å². The Morgan fingerprint density at radius 1 is 1.18 bits per heavy atom. The van der Waals surface area contributed by atoms with Crippen LogP contribution in [0.2, 0.25) is 0 Å². The lowest BCUT2D eigenvalue weighted by Gasteiger charge is -2.23. The van der Waals surface area contributed by atoms with Crippen molar-refractivity contribution in [3.05, 3.63) is 64.2 Å². The number of carbonyl (C=O) groups is 2. The number of hydrogen-bond donors (Lipinski definition) is 0. The van der Waals surface area contributed by atoms with Gasteiger partial charge >= 0.3 is 5.97 Å². The number of esters is 1. The van der Waals surface area contributed by atoms with E-state index in [2.05, 4.69) is 4.98 Å². The van der Waals surface area contributed by atoms with E-state index in [1.54, 1.807) is 29.4 Å². The summed E-state index contributed by atoms with van der Waals surface area (Å²) in [5.74, 6) is -0.703. The highest BCUT2D eigenvalue weighted by Gasteiger charge is 2.22. The molecule has 0 aliphatic heterocycles. The molecule has 1 aliphatic carbocycles. The van der Waals surface area contributed by atoms with E-state index in [1.807, 2.05) is 43.3 Å². The quantitative estimate of drug-likeness (QED) is 0.610. The van der Waals surface area contributed by atoms with Gasteiger partial charge in [0.1, 0.15) is 5.01 Å². The number of para-hydroxylation sites is 1. The zero-order chi connectivity index (χ0) is 19.7. The molecule has 0 spiro atoms. The lowest BCUT2D eigenvalue weighted by molar-refractivity contribution is -0.135. The van der Waals surface area contributed by atoms with Crippen molar-refractivity contribution < 1.29 is 14.3 Å². The first kappa shape index (κ1) is 18.6. The lowest BCUT2D eigenvalue weighted by atomic mass is 10.1. The second-order valence-electron chi connectivity index (χ2n) is 7.11. The van der Waals surface area contributed by atoms with Crippen molar-refractivity contribution in [1.29, 1.82) is 0 Å². The van der Waals surface area contributed by atoms with Crippen molar-refractivity contribution in [3.63, 3.8) is 0 Å². The Morgan fingerprint density at radius 2 is 1.96 bits per heavy atom. The molecule has 1 heterocycles. The molecule has 0 radical (unpaired) electrons. The van der Waals surface area contributed by atoms with Crippen LogP contribution in [0.5, 0.6) is 0 Å². The van der Waals surface area contributed by atoms with E-state index in [0.29, 0.717) is 5.56 Å². The van der Waals surface area contributed by atoms with Crippen LogP contribution in [0, 0.1) is 0 Å². The number of hydrogen-bond acceptors (Lipinski definition) is 5. The topological polar surface area (TPSA) is 59.5 Å². The Hall–Kier alpha value is -2.73. The fourth-order valence-corrected chi connectivity index (χ4v) is 4.52. The number of likely N-dealkylation sites (N-methyl/N-ethyl adjacent to an activating group) is 1. The summed E-state index contributed by atoms with van der Waals surface area (Å²) in [5.41, 5.74) is 3.95. The number of carbonyl (C=O) groups excluding carboxylic acids is 2. The van der Waals surface area contributed by atoms with Crippen molar-refractivity contribution in [2.24, 2.45) is 0 Å². The van der Waals surface area contributed by atoms with Gasteiger partial charge in [-0.15, -0.1) is 11.3 Å². The molecule has 0 bridgehead atoms. The number of ether oxygens (including phenoxy) is 1. The van der Waals surface area contributed by atoms with Crippen LogP contribution >= 0.6 is 11.3 Å². The van der Waals surface area contributed by atoms with Crippen LogP contribution in [0.4, 0.5) is 0 Å². The molecular weight excluding hydrogens is 372 g/mol. The molecule has 0 saturated carbocycles. The number of thiazole rings is 1. The van der Waals surface area contributed by atoms with Gasteiger partial charge in [-0.2, -0.15) is 0 Å². The highest BCUT2D eigenvalue weighted by Crippen LogP contribution is 2.29. The highest BCUT2D eigenvalue weighted by atomic mass is 32.1. The summed E-state index contributed by atoms with van der Waals surface area (Å²) >= 11 is 1.57. The Kier molecular flexibility index (Phi) is 5.13. The minimum atomic E-state index is -0.455. The summed E-state index contributed by atoms with van der Waals surface area (Å²) in [6.07, 6.45) is 3.19. The summed E-state index contributed by atoms with van der Waals surface area (Å²) in [4.78, 5) is 31.0. The smallest absolute Gasteiger partial charge is 0.338 e. The van der Waals surface area contributed by atoms with Gasteiger partial charge < -0.3 is 9.64 Å². The van der Waals surface area contributed by atoms with Gasteiger partial charge in [0.05, 0.1) is 21.8 Å². The second-order valence-corrected chi connectivity index (χ2v) is 8.18. The van der Waals surface area contributed by atoms with Gasteiger partial charge in [0, 0.05) is 7.05 Å². The van der Waals surface area contributed by atoms with Gasteiger partial charge in [0.15, 0.2) is 6.61 Å². The third-order valence-corrected chi connectivity index (χ3v) is 6.51. The van der Waals surface area contributed by atoms with Crippen LogP contribution < -0.4 is 0 Å². The minimum Gasteiger partial charge on any atom is -0.452 e. The van der Waals surface area contributed by atoms with Crippen LogP contribution in [0.15, 0.2) is 42.5 Å². The maximum absolute atomic E-state index is 12.5. The van der Waals surface area contributed by atoms with Crippen LogP contribution in [0.3, 0.4) is 0 Å². The molecule has 0 N–H and O–H groups in total. The summed E-state index contributed by atoms with van der Waals surface area (Å²) in [7, 11) is 1.71. The van der Waals surface area contributed by atoms with Gasteiger partial charge in [-0.25, -0.2) is 9.78 Å². The van der Waals surface area contributed by atoms with Crippen LogP contribution in [0.1, 0.15) is 45.9 Å². The largest absolute Gasteiger partial charge is 0.452 e. The molecule has 1 aliphatic rings. The molecule has 1 atom stereocenters. The lowest BCUT2D eigenvalue weighted by Crippen LogP contribution is -2.33. The normalized spacial score (nSPS) is 13.9. The maximum atomic E-state index is 12.5. The number of aryl methyl sites for hydroxylation is 2. The number of fused-ring (bicyclic) bond motifs is 2. The number of amides is 1. The Bertz CT molecular complexity index is 1010. The SMILES string of the molecule is C[C@H](c1nc2ccccc2s1)N(C)C(=O)COC(=O)c1ccc2c(c1)CCC2. The van der Waals surface area contributed by atoms with Crippen molar-refractivity contribution in [2.45, 2.75) is 32.2 Å². The van der Waals surface area contributed by atoms with E-state index >= 15 is 0 Å². The van der Waals surface area contributed by atoms with Gasteiger partial charge in [-0.05, 0) is 61.6 Å². The predicted molar refractivity (Wildman–Crippen MR) is 110 cm³/mol. The molecular formula is C22H22N2O3S. The number of aromatic nitrogens is 1. The first-order chi connectivity index (χ1) is 13.5. The van der Waals surface area contributed by atoms with Gasteiger partial charge in [0.2, 0.25) is 0 Å². The predicted octanol–water partition coefficient (Wildman–Crippen LogP) is 4.16. The van der Waals surface area contributed by atoms with Crippen LogP contribution in [0.25, 0.3) is 10.2 Å². The molecule has 3 aromatic rings. The molecule has 5 nitrogen and oxygen atoms in total. The zero-order valence-electron chi connectivity index (χ0n) is 16.0. The first-order valence-electron chi connectivity index (χ1n) is 9.43. The van der Waals surface area contributed by atoms with Gasteiger partial charge in [0.25, 0.3) is 5.91 Å². The van der Waals surface area contributed by atoms with Gasteiger partial charge in [-0.3, -0.25) is 4.79 Å². The molecule has 2 aromatic carbocycles. The highest BCUT2D eigenvalue weighted by molar-refractivity contribution is 7.18. The molecule has 6 heteroatoms. The number of rotatable bonds is 5. The van der Waals surface area contributed by atoms with E-state index in [9.17, 15) is 9.59 Å². The Morgan fingerprint density at radius 3 is 2.79 bits per heavy atom. The molecule has 144 valence electrons. The van der Waals surface area contributed by atoms with Crippen molar-refractivity contribution in [1.82, 2.24) is 9.88 Å². The average Bonchev–Trinajstić information content (AvgIpc) is 3.36. The van der Waals surface area contributed by atoms with Gasteiger partial charge in [-0.1, -0.05) is 18.2 Å². The second kappa shape index (κ2) is 7.72. The standard InChI is InChI=1S/C22H22N2O3S/c1-14(21-23-18-8-3-4-9-19(18)28-21)24(2)20(25)13-27-22(26)17-11-10-15-6-5-7-16(15)12-17/h3-4,8-12,14H,5-7,13H2,1-2H3/t14-/m1/s1. The summed E-state index contributed by atoms with van der Waals surface area (Å²) < 4.78 is 6.36.